The van der Waals surface area contributed by atoms with Gasteiger partial charge in [0.25, 0.3) is 0 Å². The van der Waals surface area contributed by atoms with Crippen LogP contribution in [0, 0.1) is 5.92 Å². The Hall–Kier alpha value is -0.860. The van der Waals surface area contributed by atoms with Crippen molar-refractivity contribution in [1.29, 1.82) is 0 Å². The second-order valence-corrected chi connectivity index (χ2v) is 3.98. The topological polar surface area (TPSA) is 54.4 Å². The van der Waals surface area contributed by atoms with Crippen molar-refractivity contribution in [2.45, 2.75) is 58.8 Å². The second kappa shape index (κ2) is 8.45. The van der Waals surface area contributed by atoms with Crippen LogP contribution in [0.1, 0.15) is 58.8 Å². The summed E-state index contributed by atoms with van der Waals surface area (Å²) in [6.07, 6.45) is 5.29. The molecule has 0 amide bonds. The molecule has 0 aromatic carbocycles. The maximum Gasteiger partial charge on any atom is 0.306 e. The third-order valence-corrected chi connectivity index (χ3v) is 2.67. The number of hydrogen-bond acceptors (Lipinski definition) is 2. The van der Waals surface area contributed by atoms with Gasteiger partial charge in [-0.1, -0.05) is 26.7 Å². The second-order valence-electron chi connectivity index (χ2n) is 3.98. The highest BCUT2D eigenvalue weighted by molar-refractivity contribution is 5.79. The van der Waals surface area contributed by atoms with Crippen molar-refractivity contribution in [2.75, 3.05) is 0 Å². The quantitative estimate of drug-likeness (QED) is 0.600. The van der Waals surface area contributed by atoms with Crippen LogP contribution in [0.25, 0.3) is 0 Å². The van der Waals surface area contributed by atoms with E-state index in [0.29, 0.717) is 25.7 Å². The molecule has 0 aliphatic carbocycles. The van der Waals surface area contributed by atoms with E-state index in [4.69, 9.17) is 5.11 Å². The molecule has 3 heteroatoms. The number of carboxylic acids is 1. The standard InChI is InChI=1S/C12H22O3/c1-3-5-6-7-11(13)9-8-10(4-2)12(14)15/h10H,3-9H2,1-2H3,(H,14,15). The molecule has 0 heterocycles. The molecule has 0 aliphatic heterocycles. The van der Waals surface area contributed by atoms with Gasteiger partial charge in [-0.2, -0.15) is 0 Å². The van der Waals surface area contributed by atoms with Crippen molar-refractivity contribution in [3.8, 4) is 0 Å². The average Bonchev–Trinajstić information content (AvgIpc) is 2.18. The van der Waals surface area contributed by atoms with E-state index in [2.05, 4.69) is 6.92 Å². The molecule has 0 aliphatic rings. The van der Waals surface area contributed by atoms with Crippen molar-refractivity contribution in [3.05, 3.63) is 0 Å². The minimum absolute atomic E-state index is 0.211. The molecule has 0 fully saturated rings. The first-order chi connectivity index (χ1) is 7.11. The summed E-state index contributed by atoms with van der Waals surface area (Å²) in [5.74, 6) is -0.915. The van der Waals surface area contributed by atoms with Gasteiger partial charge in [-0.25, -0.2) is 0 Å². The zero-order chi connectivity index (χ0) is 11.7. The highest BCUT2D eigenvalue weighted by atomic mass is 16.4. The third-order valence-electron chi connectivity index (χ3n) is 2.67. The number of hydrogen-bond donors (Lipinski definition) is 1. The molecule has 0 spiro atoms. The molecular formula is C12H22O3. The molecule has 0 saturated heterocycles. The molecule has 0 bridgehead atoms. The number of rotatable bonds is 9. The Kier molecular flexibility index (Phi) is 7.96. The van der Waals surface area contributed by atoms with E-state index in [1.165, 1.54) is 0 Å². The van der Waals surface area contributed by atoms with E-state index in [1.807, 2.05) is 6.92 Å². The van der Waals surface area contributed by atoms with Gasteiger partial charge in [-0.3, -0.25) is 9.59 Å². The lowest BCUT2D eigenvalue weighted by atomic mass is 9.97. The molecule has 0 saturated carbocycles. The SMILES string of the molecule is CCCCCC(=O)CCC(CC)C(=O)O. The first-order valence-electron chi connectivity index (χ1n) is 5.86. The number of Topliss-reactive ketones (excluding diaryl/α,β-unsaturated/α-hetero) is 1. The van der Waals surface area contributed by atoms with Gasteiger partial charge < -0.3 is 5.11 Å². The number of aliphatic carboxylic acids is 1. The maximum atomic E-state index is 11.4. The largest absolute Gasteiger partial charge is 0.481 e. The van der Waals surface area contributed by atoms with Crippen LogP contribution in [0.4, 0.5) is 0 Å². The highest BCUT2D eigenvalue weighted by Crippen LogP contribution is 2.13. The van der Waals surface area contributed by atoms with Crippen molar-refractivity contribution in [2.24, 2.45) is 5.92 Å². The average molecular weight is 214 g/mol. The van der Waals surface area contributed by atoms with E-state index in [1.54, 1.807) is 0 Å². The van der Waals surface area contributed by atoms with E-state index in [-0.39, 0.29) is 11.7 Å². The van der Waals surface area contributed by atoms with E-state index < -0.39 is 5.97 Å². The van der Waals surface area contributed by atoms with Crippen molar-refractivity contribution in [3.63, 3.8) is 0 Å². The van der Waals surface area contributed by atoms with Gasteiger partial charge in [0, 0.05) is 12.8 Å². The van der Waals surface area contributed by atoms with Crippen LogP contribution in [0.2, 0.25) is 0 Å². The van der Waals surface area contributed by atoms with Crippen LogP contribution < -0.4 is 0 Å². The van der Waals surface area contributed by atoms with Gasteiger partial charge >= 0.3 is 5.97 Å². The Morgan fingerprint density at radius 3 is 2.27 bits per heavy atom. The lowest BCUT2D eigenvalue weighted by Gasteiger charge is -2.08. The van der Waals surface area contributed by atoms with Crippen LogP contribution in [-0.2, 0) is 9.59 Å². The number of unbranched alkanes of at least 4 members (excludes halogenated alkanes) is 2. The van der Waals surface area contributed by atoms with Crippen LogP contribution in [-0.4, -0.2) is 16.9 Å². The first kappa shape index (κ1) is 14.1. The number of carbonyl (C=O) groups excluding carboxylic acids is 1. The van der Waals surface area contributed by atoms with Gasteiger partial charge in [0.15, 0.2) is 0 Å². The smallest absolute Gasteiger partial charge is 0.306 e. The monoisotopic (exact) mass is 214 g/mol. The lowest BCUT2D eigenvalue weighted by molar-refractivity contribution is -0.142. The summed E-state index contributed by atoms with van der Waals surface area (Å²) in [4.78, 5) is 22.1. The summed E-state index contributed by atoms with van der Waals surface area (Å²) in [6.45, 7) is 3.95. The Bertz CT molecular complexity index is 199. The molecule has 88 valence electrons. The molecule has 0 aromatic heterocycles. The fourth-order valence-corrected chi connectivity index (χ4v) is 1.53. The Morgan fingerprint density at radius 1 is 1.13 bits per heavy atom. The van der Waals surface area contributed by atoms with Crippen LogP contribution in [0.15, 0.2) is 0 Å². The number of carbonyl (C=O) groups is 2. The lowest BCUT2D eigenvalue weighted by Crippen LogP contribution is -2.14. The molecule has 1 unspecified atom stereocenters. The highest BCUT2D eigenvalue weighted by Gasteiger charge is 2.15. The van der Waals surface area contributed by atoms with Crippen LogP contribution in [0.3, 0.4) is 0 Å². The zero-order valence-electron chi connectivity index (χ0n) is 9.79. The molecule has 3 nitrogen and oxygen atoms in total. The zero-order valence-corrected chi connectivity index (χ0v) is 9.79. The number of ketones is 1. The van der Waals surface area contributed by atoms with Crippen molar-refractivity contribution in [1.82, 2.24) is 0 Å². The van der Waals surface area contributed by atoms with Gasteiger partial charge in [0.2, 0.25) is 0 Å². The molecular weight excluding hydrogens is 192 g/mol. The Morgan fingerprint density at radius 2 is 1.80 bits per heavy atom. The predicted molar refractivity (Wildman–Crippen MR) is 59.8 cm³/mol. The minimum Gasteiger partial charge on any atom is -0.481 e. The summed E-state index contributed by atoms with van der Waals surface area (Å²) in [6, 6.07) is 0. The molecule has 0 aromatic rings. The van der Waals surface area contributed by atoms with Crippen molar-refractivity contribution >= 4 is 11.8 Å². The molecule has 0 radical (unpaired) electrons. The summed E-state index contributed by atoms with van der Waals surface area (Å²) in [5.41, 5.74) is 0. The Balaban J connectivity index is 3.64. The van der Waals surface area contributed by atoms with Gasteiger partial charge in [0.1, 0.15) is 5.78 Å². The van der Waals surface area contributed by atoms with Crippen LogP contribution >= 0.6 is 0 Å². The molecule has 1 atom stereocenters. The van der Waals surface area contributed by atoms with Gasteiger partial charge in [0.05, 0.1) is 5.92 Å². The fourth-order valence-electron chi connectivity index (χ4n) is 1.53. The van der Waals surface area contributed by atoms with Gasteiger partial charge in [-0.15, -0.1) is 0 Å². The summed E-state index contributed by atoms with van der Waals surface area (Å²) < 4.78 is 0. The molecule has 0 rings (SSSR count). The van der Waals surface area contributed by atoms with E-state index >= 15 is 0 Å². The maximum absolute atomic E-state index is 11.4. The molecule has 15 heavy (non-hydrogen) atoms. The summed E-state index contributed by atoms with van der Waals surface area (Å²) in [5, 5.41) is 8.79. The summed E-state index contributed by atoms with van der Waals surface area (Å²) in [7, 11) is 0. The normalized spacial score (nSPS) is 12.4. The molecule has 1 N–H and O–H groups in total. The number of carboxylic acid groups (broad SMARTS) is 1. The van der Waals surface area contributed by atoms with Crippen LogP contribution in [0.5, 0.6) is 0 Å². The van der Waals surface area contributed by atoms with Crippen molar-refractivity contribution < 1.29 is 14.7 Å². The fraction of sp³-hybridized carbons (Fsp3) is 0.833. The third kappa shape index (κ3) is 7.11. The van der Waals surface area contributed by atoms with Gasteiger partial charge in [-0.05, 0) is 19.3 Å². The predicted octanol–water partition coefficient (Wildman–Crippen LogP) is 3.03. The van der Waals surface area contributed by atoms with E-state index in [9.17, 15) is 9.59 Å². The Labute approximate surface area is 91.9 Å². The first-order valence-corrected chi connectivity index (χ1v) is 5.86. The minimum atomic E-state index is -0.779. The summed E-state index contributed by atoms with van der Waals surface area (Å²) >= 11 is 0. The van der Waals surface area contributed by atoms with E-state index in [0.717, 1.165) is 19.3 Å².